The van der Waals surface area contributed by atoms with Crippen molar-refractivity contribution >= 4 is 21.9 Å². The molecule has 0 saturated heterocycles. The maximum absolute atomic E-state index is 11.0. The number of rotatable bonds is 4. The molecule has 0 bridgehead atoms. The molecule has 1 saturated carbocycles. The fourth-order valence-corrected chi connectivity index (χ4v) is 5.45. The maximum Gasteiger partial charge on any atom is 0.162 e. The van der Waals surface area contributed by atoms with Crippen molar-refractivity contribution in [2.75, 3.05) is 0 Å². The second-order valence-electron chi connectivity index (χ2n) is 6.11. The monoisotopic (exact) mass is 339 g/mol. The Hall–Kier alpha value is -2.38. The Labute approximate surface area is 142 Å². The molecular formula is C17H17N5OS. The van der Waals surface area contributed by atoms with Gasteiger partial charge < -0.3 is 5.11 Å². The molecule has 0 radical (unpaired) electrons. The summed E-state index contributed by atoms with van der Waals surface area (Å²) >= 11 is -0.951. The van der Waals surface area contributed by atoms with Gasteiger partial charge in [-0.2, -0.15) is 5.10 Å². The molecule has 1 fully saturated rings. The number of hydrogen-bond acceptors (Lipinski definition) is 4. The molecule has 1 aliphatic carbocycles. The Morgan fingerprint density at radius 2 is 2.00 bits per heavy atom. The Balaban J connectivity index is 1.49. The van der Waals surface area contributed by atoms with E-state index in [1.165, 1.54) is 12.8 Å². The summed E-state index contributed by atoms with van der Waals surface area (Å²) in [6.07, 6.45) is 9.55. The molecule has 2 atom stereocenters. The minimum atomic E-state index is -0.951. The van der Waals surface area contributed by atoms with Gasteiger partial charge in [-0.15, -0.1) is 0 Å². The molecule has 122 valence electrons. The fourth-order valence-electron chi connectivity index (χ4n) is 3.00. The lowest BCUT2D eigenvalue weighted by Gasteiger charge is -2.25. The van der Waals surface area contributed by atoms with Crippen LogP contribution >= 0.6 is 11.1 Å². The first-order chi connectivity index (χ1) is 11.8. The molecule has 0 spiro atoms. The van der Waals surface area contributed by atoms with Crippen molar-refractivity contribution in [2.24, 2.45) is 10.9 Å². The van der Waals surface area contributed by atoms with Crippen molar-refractivity contribution in [3.63, 3.8) is 0 Å². The second kappa shape index (κ2) is 5.32. The van der Waals surface area contributed by atoms with Gasteiger partial charge in [-0.1, -0.05) is 29.3 Å². The normalized spacial score (nSPS) is 22.2. The van der Waals surface area contributed by atoms with Crippen LogP contribution in [0.25, 0.3) is 5.69 Å². The molecule has 0 amide bonds. The van der Waals surface area contributed by atoms with Gasteiger partial charge in [0.1, 0.15) is 11.8 Å². The maximum atomic E-state index is 11.0. The van der Waals surface area contributed by atoms with E-state index in [-0.39, 0.29) is 0 Å². The van der Waals surface area contributed by atoms with Gasteiger partial charge in [0.25, 0.3) is 0 Å². The molecule has 2 aromatic heterocycles. The van der Waals surface area contributed by atoms with Crippen molar-refractivity contribution in [1.82, 2.24) is 18.7 Å². The second-order valence-corrected chi connectivity index (χ2v) is 8.18. The molecule has 6 nitrogen and oxygen atoms in total. The highest BCUT2D eigenvalue weighted by Crippen LogP contribution is 2.55. The van der Waals surface area contributed by atoms with Gasteiger partial charge in [-0.05, 0) is 25.0 Å². The third-order valence-corrected chi connectivity index (χ3v) is 6.86. The van der Waals surface area contributed by atoms with Crippen molar-refractivity contribution in [3.05, 3.63) is 60.8 Å². The summed E-state index contributed by atoms with van der Waals surface area (Å²) in [7, 11) is 0. The quantitative estimate of drug-likeness (QED) is 0.718. The van der Waals surface area contributed by atoms with Crippen molar-refractivity contribution in [2.45, 2.75) is 18.3 Å². The highest BCUT2D eigenvalue weighted by Gasteiger charge is 2.39. The number of imidazole rings is 1. The predicted octanol–water partition coefficient (Wildman–Crippen LogP) is 2.98. The Morgan fingerprint density at radius 1 is 1.17 bits per heavy atom. The number of nitrogens with zero attached hydrogens (tertiary/aromatic N) is 5. The first-order valence-corrected chi connectivity index (χ1v) is 9.36. The van der Waals surface area contributed by atoms with Gasteiger partial charge in [0, 0.05) is 17.7 Å². The molecule has 1 aliphatic heterocycles. The van der Waals surface area contributed by atoms with E-state index in [4.69, 9.17) is 4.99 Å². The van der Waals surface area contributed by atoms with Crippen LogP contribution in [0.2, 0.25) is 0 Å². The zero-order chi connectivity index (χ0) is 16.1. The summed E-state index contributed by atoms with van der Waals surface area (Å²) in [4.78, 5) is 8.90. The minimum absolute atomic E-state index is 0.523. The lowest BCUT2D eigenvalue weighted by Crippen LogP contribution is -2.11. The van der Waals surface area contributed by atoms with Crippen LogP contribution in [0.15, 0.2) is 60.2 Å². The van der Waals surface area contributed by atoms with Crippen molar-refractivity contribution in [1.29, 1.82) is 0 Å². The lowest BCUT2D eigenvalue weighted by molar-refractivity contribution is 0.268. The highest BCUT2D eigenvalue weighted by atomic mass is 32.2. The summed E-state index contributed by atoms with van der Waals surface area (Å²) in [5, 5.41) is 16.6. The summed E-state index contributed by atoms with van der Waals surface area (Å²) in [6.45, 7) is 0. The van der Waals surface area contributed by atoms with Gasteiger partial charge in [0.15, 0.2) is 5.82 Å². The Bertz CT molecular complexity index is 912. The number of hydrogen-bond donors (Lipinski definition) is 2. The molecule has 1 unspecified atom stereocenters. The lowest BCUT2D eigenvalue weighted by atomic mass is 10.3. The van der Waals surface area contributed by atoms with Gasteiger partial charge in [0.2, 0.25) is 0 Å². The van der Waals surface area contributed by atoms with E-state index < -0.39 is 16.5 Å². The third-order valence-electron chi connectivity index (χ3n) is 4.39. The molecule has 24 heavy (non-hydrogen) atoms. The van der Waals surface area contributed by atoms with Crippen LogP contribution in [0.3, 0.4) is 0 Å². The number of fused-ring (bicyclic) bond motifs is 1. The molecule has 7 heteroatoms. The van der Waals surface area contributed by atoms with Crippen LogP contribution < -0.4 is 0 Å². The van der Waals surface area contributed by atoms with E-state index in [2.05, 4.69) is 10.1 Å². The highest BCUT2D eigenvalue weighted by molar-refractivity contribution is 8.29. The minimum Gasteiger partial charge on any atom is -0.378 e. The largest absolute Gasteiger partial charge is 0.378 e. The number of aliphatic imine (C=N–C) groups is 1. The van der Waals surface area contributed by atoms with Crippen LogP contribution in [-0.4, -0.2) is 28.9 Å². The molecule has 3 heterocycles. The first kappa shape index (κ1) is 14.0. The van der Waals surface area contributed by atoms with E-state index in [0.29, 0.717) is 5.92 Å². The summed E-state index contributed by atoms with van der Waals surface area (Å²) in [5.74, 6) is 1.38. The van der Waals surface area contributed by atoms with E-state index in [1.807, 2.05) is 40.5 Å². The van der Waals surface area contributed by atoms with Gasteiger partial charge in [-0.3, -0.25) is 3.97 Å². The molecule has 1 N–H and O–H groups in total. The predicted molar refractivity (Wildman–Crippen MR) is 95.0 cm³/mol. The third kappa shape index (κ3) is 2.20. The topological polar surface area (TPSA) is 68.2 Å². The molecule has 1 aromatic carbocycles. The first-order valence-electron chi connectivity index (χ1n) is 8.00. The average Bonchev–Trinajstić information content (AvgIpc) is 3.04. The standard InChI is InChI=1S/C17H17N5OS/c23-17(13-8-19-21(10-13)14-4-2-1-3-5-14)24-16(12-6-7-12)20-15-9-18-11-22(15)24/h1-5,8-12,17,23-24H,6-7H2/t17-/m0/s1. The van der Waals surface area contributed by atoms with E-state index in [9.17, 15) is 5.11 Å². The molecule has 2 aliphatic rings. The number of thiol groups is 1. The number of aliphatic hydroxyl groups excluding tert-OH is 1. The number of aliphatic hydroxyl groups is 1. The smallest absolute Gasteiger partial charge is 0.162 e. The number of para-hydroxylation sites is 1. The molecular weight excluding hydrogens is 322 g/mol. The van der Waals surface area contributed by atoms with Crippen LogP contribution in [0.5, 0.6) is 0 Å². The van der Waals surface area contributed by atoms with Crippen LogP contribution in [0, 0.1) is 5.92 Å². The van der Waals surface area contributed by atoms with Gasteiger partial charge >= 0.3 is 0 Å². The van der Waals surface area contributed by atoms with Crippen LogP contribution in [-0.2, 0) is 0 Å². The Kier molecular flexibility index (Phi) is 3.11. The summed E-state index contributed by atoms with van der Waals surface area (Å²) in [5.41, 5.74) is 1.18. The fraction of sp³-hybridized carbons (Fsp3) is 0.235. The molecule has 3 aromatic rings. The average molecular weight is 339 g/mol. The zero-order valence-corrected chi connectivity index (χ0v) is 13.8. The Morgan fingerprint density at radius 3 is 2.79 bits per heavy atom. The van der Waals surface area contributed by atoms with Crippen LogP contribution in [0.4, 0.5) is 5.82 Å². The van der Waals surface area contributed by atoms with E-state index in [1.54, 1.807) is 23.4 Å². The summed E-state index contributed by atoms with van der Waals surface area (Å²) < 4.78 is 3.83. The number of aromatic nitrogens is 4. The van der Waals surface area contributed by atoms with E-state index >= 15 is 0 Å². The van der Waals surface area contributed by atoms with E-state index in [0.717, 1.165) is 22.1 Å². The van der Waals surface area contributed by atoms with Crippen molar-refractivity contribution < 1.29 is 5.11 Å². The van der Waals surface area contributed by atoms with Crippen LogP contribution in [0.1, 0.15) is 23.8 Å². The van der Waals surface area contributed by atoms with Gasteiger partial charge in [0.05, 0.1) is 23.1 Å². The SMILES string of the molecule is O[C@H](c1cnn(-c2ccccc2)c1)[SH]1C(C2CC2)=Nc2cncn21. The molecule has 5 rings (SSSR count). The van der Waals surface area contributed by atoms with Gasteiger partial charge in [-0.25, -0.2) is 14.7 Å². The van der Waals surface area contributed by atoms with Crippen molar-refractivity contribution in [3.8, 4) is 5.69 Å². The zero-order valence-electron chi connectivity index (χ0n) is 12.9. The summed E-state index contributed by atoms with van der Waals surface area (Å²) in [6, 6.07) is 9.92. The number of benzene rings is 1.